The Morgan fingerprint density at radius 1 is 0.929 bits per heavy atom. The van der Waals surface area contributed by atoms with Crippen molar-refractivity contribution < 1.29 is 24.5 Å². The zero-order valence-electron chi connectivity index (χ0n) is 15.5. The number of hydrogen-bond acceptors (Lipinski definition) is 5. The van der Waals surface area contributed by atoms with Crippen molar-refractivity contribution in [2.45, 2.75) is 6.92 Å². The van der Waals surface area contributed by atoms with Gasteiger partial charge in [0.05, 0.1) is 19.7 Å². The lowest BCUT2D eigenvalue weighted by Gasteiger charge is -2.29. The number of hydrogen-bond donors (Lipinski definition) is 2. The number of carbonyl (C=O) groups excluding carboxylic acids is 2. The number of phenols is 2. The third kappa shape index (κ3) is 4.59. The molecule has 0 spiro atoms. The van der Waals surface area contributed by atoms with Crippen molar-refractivity contribution in [1.82, 2.24) is 4.90 Å². The number of carbonyl (C=O) groups is 2. The molecule has 0 unspecified atom stereocenters. The highest BCUT2D eigenvalue weighted by Crippen LogP contribution is 2.24. The zero-order valence-corrected chi connectivity index (χ0v) is 15.5. The summed E-state index contributed by atoms with van der Waals surface area (Å²) in [6.07, 6.45) is 2.93. The molecule has 3 rings (SSSR count). The Morgan fingerprint density at radius 3 is 1.75 bits per heavy atom. The highest BCUT2D eigenvalue weighted by Gasteiger charge is 2.29. The van der Waals surface area contributed by atoms with Crippen molar-refractivity contribution in [3.63, 3.8) is 0 Å². The summed E-state index contributed by atoms with van der Waals surface area (Å²) in [7, 11) is 0. The van der Waals surface area contributed by atoms with Gasteiger partial charge in [-0.1, -0.05) is 24.3 Å². The van der Waals surface area contributed by atoms with Gasteiger partial charge in [-0.05, 0) is 54.5 Å². The Labute approximate surface area is 163 Å². The third-order valence-corrected chi connectivity index (χ3v) is 4.30. The van der Waals surface area contributed by atoms with Gasteiger partial charge >= 0.3 is 6.09 Å². The molecule has 1 aliphatic heterocycles. The second-order valence-corrected chi connectivity index (χ2v) is 6.41. The van der Waals surface area contributed by atoms with Gasteiger partial charge in [0.2, 0.25) is 0 Å². The first-order valence-corrected chi connectivity index (χ1v) is 8.92. The number of phenolic OH excluding ortho intramolecular Hbond substituents is 2. The molecule has 0 saturated carbocycles. The van der Waals surface area contributed by atoms with Gasteiger partial charge < -0.3 is 14.9 Å². The fraction of sp³-hybridized carbons (Fsp3) is 0.182. The van der Waals surface area contributed by atoms with Crippen LogP contribution in [0.3, 0.4) is 0 Å². The van der Waals surface area contributed by atoms with Crippen LogP contribution < -0.4 is 0 Å². The predicted molar refractivity (Wildman–Crippen MR) is 106 cm³/mol. The lowest BCUT2D eigenvalue weighted by atomic mass is 9.94. The summed E-state index contributed by atoms with van der Waals surface area (Å²) in [5, 5.41) is 18.9. The van der Waals surface area contributed by atoms with Crippen LogP contribution in [0.2, 0.25) is 0 Å². The summed E-state index contributed by atoms with van der Waals surface area (Å²) < 4.78 is 5.10. The van der Waals surface area contributed by atoms with E-state index in [9.17, 15) is 19.8 Å². The largest absolute Gasteiger partial charge is 0.508 e. The Balaban J connectivity index is 1.96. The van der Waals surface area contributed by atoms with Crippen LogP contribution in [0.1, 0.15) is 18.1 Å². The van der Waals surface area contributed by atoms with Crippen LogP contribution in [0.25, 0.3) is 12.2 Å². The van der Waals surface area contributed by atoms with Gasteiger partial charge in [-0.2, -0.15) is 0 Å². The van der Waals surface area contributed by atoms with Crippen LogP contribution in [0.15, 0.2) is 59.7 Å². The van der Waals surface area contributed by atoms with Crippen LogP contribution >= 0.6 is 0 Å². The first kappa shape index (κ1) is 19.2. The Hall–Kier alpha value is -3.54. The number of rotatable bonds is 3. The van der Waals surface area contributed by atoms with E-state index in [-0.39, 0.29) is 37.0 Å². The molecule has 144 valence electrons. The summed E-state index contributed by atoms with van der Waals surface area (Å²) in [5.74, 6) is 0.123. The molecule has 6 heteroatoms. The maximum Gasteiger partial charge on any atom is 0.410 e. The molecule has 1 heterocycles. The number of amides is 1. The minimum atomic E-state index is -0.483. The van der Waals surface area contributed by atoms with Gasteiger partial charge in [0, 0.05) is 11.1 Å². The smallest absolute Gasteiger partial charge is 0.410 e. The number of ketones is 1. The minimum absolute atomic E-state index is 0.137. The SMILES string of the molecule is CCOC(=O)N1C/C(=C\c2ccc(O)cc2)C(=O)/C(=C/c2ccc(O)cc2)C1. The Kier molecular flexibility index (Phi) is 5.79. The van der Waals surface area contributed by atoms with Crippen molar-refractivity contribution in [2.75, 3.05) is 19.7 Å². The van der Waals surface area contributed by atoms with Crippen molar-refractivity contribution >= 4 is 24.0 Å². The topological polar surface area (TPSA) is 87.1 Å². The zero-order chi connectivity index (χ0) is 20.1. The van der Waals surface area contributed by atoms with E-state index in [0.717, 1.165) is 11.1 Å². The lowest BCUT2D eigenvalue weighted by Crippen LogP contribution is -2.41. The Morgan fingerprint density at radius 2 is 1.36 bits per heavy atom. The molecule has 28 heavy (non-hydrogen) atoms. The van der Waals surface area contributed by atoms with E-state index in [1.165, 1.54) is 29.2 Å². The second-order valence-electron chi connectivity index (χ2n) is 6.41. The van der Waals surface area contributed by atoms with Crippen molar-refractivity contribution in [1.29, 1.82) is 0 Å². The van der Waals surface area contributed by atoms with E-state index in [4.69, 9.17) is 4.74 Å². The standard InChI is InChI=1S/C22H21NO5/c1-2-28-22(27)23-13-17(11-15-3-7-19(24)8-4-15)21(26)18(14-23)12-16-5-9-20(25)10-6-16/h3-12,24-25H,2,13-14H2,1H3/b17-11+,18-12+. The normalized spacial score (nSPS) is 17.2. The fourth-order valence-electron chi connectivity index (χ4n) is 2.93. The van der Waals surface area contributed by atoms with Crippen LogP contribution in [0.4, 0.5) is 4.79 Å². The number of nitrogens with zero attached hydrogens (tertiary/aromatic N) is 1. The van der Waals surface area contributed by atoms with Crippen LogP contribution in [0.5, 0.6) is 11.5 Å². The first-order valence-electron chi connectivity index (χ1n) is 8.92. The van der Waals surface area contributed by atoms with Gasteiger partial charge in [0.1, 0.15) is 11.5 Å². The summed E-state index contributed by atoms with van der Waals surface area (Å²) in [6, 6.07) is 12.9. The van der Waals surface area contributed by atoms with Crippen LogP contribution in [-0.2, 0) is 9.53 Å². The van der Waals surface area contributed by atoms with E-state index in [2.05, 4.69) is 0 Å². The number of likely N-dealkylation sites (tertiary alicyclic amines) is 1. The maximum absolute atomic E-state index is 13.0. The van der Waals surface area contributed by atoms with Crippen molar-refractivity contribution in [3.05, 3.63) is 70.8 Å². The number of aromatic hydroxyl groups is 2. The molecule has 0 bridgehead atoms. The highest BCUT2D eigenvalue weighted by molar-refractivity contribution is 6.15. The monoisotopic (exact) mass is 379 g/mol. The van der Waals surface area contributed by atoms with Crippen LogP contribution in [0, 0.1) is 0 Å². The molecule has 6 nitrogen and oxygen atoms in total. The maximum atomic E-state index is 13.0. The van der Waals surface area contributed by atoms with E-state index in [1.807, 2.05) is 0 Å². The van der Waals surface area contributed by atoms with Crippen molar-refractivity contribution in [2.24, 2.45) is 0 Å². The molecule has 0 atom stereocenters. The molecular formula is C22H21NO5. The van der Waals surface area contributed by atoms with Gasteiger partial charge in [-0.25, -0.2) is 4.79 Å². The quantitative estimate of drug-likeness (QED) is 0.796. The average molecular weight is 379 g/mol. The predicted octanol–water partition coefficient (Wildman–Crippen LogP) is 3.61. The molecule has 2 aromatic rings. The lowest BCUT2D eigenvalue weighted by molar-refractivity contribution is -0.113. The second kappa shape index (κ2) is 8.43. The Bertz CT molecular complexity index is 859. The molecule has 0 aliphatic carbocycles. The number of Topliss-reactive ketones (excluding diaryl/α,β-unsaturated/α-hetero) is 1. The molecule has 1 fully saturated rings. The summed E-state index contributed by atoms with van der Waals surface area (Å²) in [5.41, 5.74) is 2.40. The van der Waals surface area contributed by atoms with E-state index in [1.54, 1.807) is 43.3 Å². The van der Waals surface area contributed by atoms with Crippen molar-refractivity contribution in [3.8, 4) is 11.5 Å². The van der Waals surface area contributed by atoms with Gasteiger partial charge in [0.25, 0.3) is 0 Å². The first-order chi connectivity index (χ1) is 13.5. The number of piperidine rings is 1. The molecular weight excluding hydrogens is 358 g/mol. The molecule has 1 amide bonds. The van der Waals surface area contributed by atoms with Gasteiger partial charge in [-0.3, -0.25) is 9.69 Å². The summed E-state index contributed by atoms with van der Waals surface area (Å²) >= 11 is 0. The molecule has 1 saturated heterocycles. The third-order valence-electron chi connectivity index (χ3n) is 4.30. The van der Waals surface area contributed by atoms with Gasteiger partial charge in [0.15, 0.2) is 5.78 Å². The average Bonchev–Trinajstić information content (AvgIpc) is 2.68. The molecule has 0 aromatic heterocycles. The summed E-state index contributed by atoms with van der Waals surface area (Å²) in [4.78, 5) is 26.7. The summed E-state index contributed by atoms with van der Waals surface area (Å²) in [6.45, 7) is 2.27. The van der Waals surface area contributed by atoms with E-state index in [0.29, 0.717) is 11.1 Å². The number of ether oxygens (including phenoxy) is 1. The molecule has 1 aliphatic rings. The molecule has 2 aromatic carbocycles. The minimum Gasteiger partial charge on any atom is -0.508 e. The molecule has 2 N–H and O–H groups in total. The number of benzene rings is 2. The highest BCUT2D eigenvalue weighted by atomic mass is 16.6. The van der Waals surface area contributed by atoms with Gasteiger partial charge in [-0.15, -0.1) is 0 Å². The van der Waals surface area contributed by atoms with Crippen LogP contribution in [-0.4, -0.2) is 46.7 Å². The van der Waals surface area contributed by atoms with E-state index < -0.39 is 6.09 Å². The fourth-order valence-corrected chi connectivity index (χ4v) is 2.93. The van der Waals surface area contributed by atoms with E-state index >= 15 is 0 Å². The molecule has 0 radical (unpaired) electrons.